The Kier molecular flexibility index (Phi) is 8.15. The van der Waals surface area contributed by atoms with E-state index in [-0.39, 0.29) is 5.91 Å². The summed E-state index contributed by atoms with van der Waals surface area (Å²) in [6.07, 6.45) is 1.10. The number of carbonyl (C=O) groups is 1. The number of aryl methyl sites for hydroxylation is 1. The van der Waals surface area contributed by atoms with Gasteiger partial charge in [0.05, 0.1) is 14.2 Å². The largest absolute Gasteiger partial charge is 0.497 e. The fourth-order valence-corrected chi connectivity index (χ4v) is 3.28. The molecule has 0 fully saturated rings. The Hall–Kier alpha value is -1.66. The molecule has 0 aromatic heterocycles. The molecule has 0 saturated carbocycles. The van der Waals surface area contributed by atoms with Gasteiger partial charge in [-0.1, -0.05) is 15.9 Å². The Morgan fingerprint density at radius 1 is 1.08 bits per heavy atom. The molecule has 0 saturated heterocycles. The van der Waals surface area contributed by atoms with Crippen LogP contribution in [-0.2, 0) is 11.2 Å². The Morgan fingerprint density at radius 3 is 2.32 bits per heavy atom. The molecule has 0 aliphatic carbocycles. The van der Waals surface area contributed by atoms with Gasteiger partial charge in [0.25, 0.3) is 0 Å². The Morgan fingerprint density at radius 2 is 1.72 bits per heavy atom. The minimum absolute atomic E-state index is 0.0539. The number of halogens is 1. The number of benzene rings is 2. The van der Waals surface area contributed by atoms with Crippen LogP contribution in [0.4, 0.5) is 0 Å². The molecule has 4 nitrogen and oxygen atoms in total. The van der Waals surface area contributed by atoms with Crippen molar-refractivity contribution in [1.29, 1.82) is 0 Å². The van der Waals surface area contributed by atoms with Gasteiger partial charge in [0, 0.05) is 34.2 Å². The van der Waals surface area contributed by atoms with Crippen LogP contribution in [0.3, 0.4) is 0 Å². The summed E-state index contributed by atoms with van der Waals surface area (Å²) in [5.74, 6) is 2.37. The second kappa shape index (κ2) is 10.4. The minimum Gasteiger partial charge on any atom is -0.497 e. The fourth-order valence-electron chi connectivity index (χ4n) is 2.25. The summed E-state index contributed by atoms with van der Waals surface area (Å²) in [6, 6.07) is 13.8. The molecule has 134 valence electrons. The molecule has 1 N–H and O–H groups in total. The number of thioether (sulfide) groups is 1. The molecule has 2 aromatic rings. The Balaban J connectivity index is 1.71. The van der Waals surface area contributed by atoms with Crippen molar-refractivity contribution in [2.45, 2.75) is 17.7 Å². The van der Waals surface area contributed by atoms with Crippen molar-refractivity contribution >= 4 is 33.6 Å². The number of nitrogens with one attached hydrogen (secondary N) is 1. The summed E-state index contributed by atoms with van der Waals surface area (Å²) in [7, 11) is 3.24. The number of carbonyl (C=O) groups excluding carboxylic acids is 1. The van der Waals surface area contributed by atoms with Crippen LogP contribution in [0.5, 0.6) is 11.5 Å². The molecule has 0 unspecified atom stereocenters. The second-order valence-electron chi connectivity index (χ2n) is 5.37. The van der Waals surface area contributed by atoms with E-state index >= 15 is 0 Å². The first kappa shape index (κ1) is 19.7. The number of amides is 1. The number of hydrogen-bond acceptors (Lipinski definition) is 4. The molecule has 0 bridgehead atoms. The number of methoxy groups -OCH3 is 2. The first-order chi connectivity index (χ1) is 12.1. The zero-order chi connectivity index (χ0) is 18.1. The van der Waals surface area contributed by atoms with E-state index in [4.69, 9.17) is 9.47 Å². The molecule has 2 aromatic carbocycles. The van der Waals surface area contributed by atoms with Crippen LogP contribution in [-0.4, -0.2) is 32.4 Å². The highest BCUT2D eigenvalue weighted by Crippen LogP contribution is 2.23. The standard InChI is InChI=1S/C19H22BrNO3S/c1-23-16-11-14(12-17(13-16)24-2)3-8-19(22)21-9-10-25-18-6-4-15(20)5-7-18/h4-7,11-13H,3,8-10H2,1-2H3,(H,21,22). The van der Waals surface area contributed by atoms with Gasteiger partial charge in [0.15, 0.2) is 0 Å². The van der Waals surface area contributed by atoms with E-state index in [1.165, 1.54) is 4.90 Å². The molecular formula is C19H22BrNO3S. The van der Waals surface area contributed by atoms with E-state index in [9.17, 15) is 4.79 Å². The van der Waals surface area contributed by atoms with E-state index < -0.39 is 0 Å². The van der Waals surface area contributed by atoms with Crippen LogP contribution >= 0.6 is 27.7 Å². The third-order valence-electron chi connectivity index (χ3n) is 3.56. The SMILES string of the molecule is COc1cc(CCC(=O)NCCSc2ccc(Br)cc2)cc(OC)c1. The van der Waals surface area contributed by atoms with Crippen LogP contribution < -0.4 is 14.8 Å². The van der Waals surface area contributed by atoms with Gasteiger partial charge < -0.3 is 14.8 Å². The minimum atomic E-state index is 0.0539. The normalized spacial score (nSPS) is 10.4. The summed E-state index contributed by atoms with van der Waals surface area (Å²) < 4.78 is 11.6. The lowest BCUT2D eigenvalue weighted by atomic mass is 10.1. The molecule has 2 rings (SSSR count). The van der Waals surface area contributed by atoms with Crippen molar-refractivity contribution in [3.05, 3.63) is 52.5 Å². The monoisotopic (exact) mass is 423 g/mol. The van der Waals surface area contributed by atoms with Crippen molar-refractivity contribution in [3.8, 4) is 11.5 Å². The van der Waals surface area contributed by atoms with Gasteiger partial charge in [0.1, 0.15) is 11.5 Å². The third-order valence-corrected chi connectivity index (χ3v) is 5.10. The van der Waals surface area contributed by atoms with Crippen LogP contribution in [0.2, 0.25) is 0 Å². The van der Waals surface area contributed by atoms with Crippen LogP contribution in [0, 0.1) is 0 Å². The highest BCUT2D eigenvalue weighted by molar-refractivity contribution is 9.10. The van der Waals surface area contributed by atoms with Crippen molar-refractivity contribution in [3.63, 3.8) is 0 Å². The van der Waals surface area contributed by atoms with E-state index in [1.807, 2.05) is 30.3 Å². The highest BCUT2D eigenvalue weighted by atomic mass is 79.9. The van der Waals surface area contributed by atoms with Gasteiger partial charge >= 0.3 is 0 Å². The summed E-state index contributed by atoms with van der Waals surface area (Å²) >= 11 is 5.15. The maximum Gasteiger partial charge on any atom is 0.220 e. The summed E-state index contributed by atoms with van der Waals surface area (Å²) in [4.78, 5) is 13.2. The van der Waals surface area contributed by atoms with Crippen molar-refractivity contribution in [2.75, 3.05) is 26.5 Å². The zero-order valence-electron chi connectivity index (χ0n) is 14.4. The van der Waals surface area contributed by atoms with Gasteiger partial charge in [-0.25, -0.2) is 0 Å². The number of hydrogen-bond donors (Lipinski definition) is 1. The smallest absolute Gasteiger partial charge is 0.220 e. The molecular weight excluding hydrogens is 402 g/mol. The average Bonchev–Trinajstić information content (AvgIpc) is 2.64. The van der Waals surface area contributed by atoms with Crippen molar-refractivity contribution in [2.24, 2.45) is 0 Å². The van der Waals surface area contributed by atoms with Gasteiger partial charge in [-0.3, -0.25) is 4.79 Å². The van der Waals surface area contributed by atoms with Crippen LogP contribution in [0.25, 0.3) is 0 Å². The molecule has 1 amide bonds. The molecule has 0 aliphatic rings. The quantitative estimate of drug-likeness (QED) is 0.482. The summed E-state index contributed by atoms with van der Waals surface area (Å²) in [5, 5.41) is 2.96. The van der Waals surface area contributed by atoms with Gasteiger partial charge in [0.2, 0.25) is 5.91 Å². The molecule has 0 spiro atoms. The van der Waals surface area contributed by atoms with Crippen molar-refractivity contribution < 1.29 is 14.3 Å². The lowest BCUT2D eigenvalue weighted by molar-refractivity contribution is -0.120. The lowest BCUT2D eigenvalue weighted by Gasteiger charge is -2.09. The van der Waals surface area contributed by atoms with E-state index in [2.05, 4.69) is 33.4 Å². The predicted octanol–water partition coefficient (Wildman–Crippen LogP) is 4.31. The average molecular weight is 424 g/mol. The first-order valence-corrected chi connectivity index (χ1v) is 9.75. The first-order valence-electron chi connectivity index (χ1n) is 7.97. The Labute approximate surface area is 161 Å². The van der Waals surface area contributed by atoms with Crippen LogP contribution in [0.1, 0.15) is 12.0 Å². The topological polar surface area (TPSA) is 47.6 Å². The summed E-state index contributed by atoms with van der Waals surface area (Å²) in [6.45, 7) is 0.654. The van der Waals surface area contributed by atoms with Crippen molar-refractivity contribution in [1.82, 2.24) is 5.32 Å². The van der Waals surface area contributed by atoms with Gasteiger partial charge in [-0.2, -0.15) is 0 Å². The number of ether oxygens (including phenoxy) is 2. The van der Waals surface area contributed by atoms with Gasteiger partial charge in [-0.05, 0) is 48.4 Å². The van der Waals surface area contributed by atoms with Crippen LogP contribution in [0.15, 0.2) is 51.8 Å². The van der Waals surface area contributed by atoms with E-state index in [0.29, 0.717) is 19.4 Å². The summed E-state index contributed by atoms with van der Waals surface area (Å²) in [5.41, 5.74) is 1.02. The molecule has 0 heterocycles. The third kappa shape index (κ3) is 7.00. The van der Waals surface area contributed by atoms with E-state index in [0.717, 1.165) is 27.3 Å². The highest BCUT2D eigenvalue weighted by Gasteiger charge is 2.06. The number of rotatable bonds is 9. The van der Waals surface area contributed by atoms with Gasteiger partial charge in [-0.15, -0.1) is 11.8 Å². The molecule has 0 aliphatic heterocycles. The molecule has 0 radical (unpaired) electrons. The Bertz CT molecular complexity index is 669. The maximum absolute atomic E-state index is 12.0. The molecule has 6 heteroatoms. The molecule has 25 heavy (non-hydrogen) atoms. The molecule has 0 atom stereocenters. The van der Waals surface area contributed by atoms with E-state index in [1.54, 1.807) is 26.0 Å². The fraction of sp³-hybridized carbons (Fsp3) is 0.316. The zero-order valence-corrected chi connectivity index (χ0v) is 16.8. The second-order valence-corrected chi connectivity index (χ2v) is 7.46. The predicted molar refractivity (Wildman–Crippen MR) is 106 cm³/mol. The maximum atomic E-state index is 12.0. The lowest BCUT2D eigenvalue weighted by Crippen LogP contribution is -2.25.